The largest absolute Gasteiger partial charge is 0.383 e. The SMILES string of the molecule is COCCNCC1CCCCN1CCc1nccn1C. The first kappa shape index (κ1) is 15.5. The van der Waals surface area contributed by atoms with Crippen LogP contribution in [0.2, 0.25) is 0 Å². The summed E-state index contributed by atoms with van der Waals surface area (Å²) in [6, 6.07) is 0.667. The number of imidazole rings is 1. The predicted molar refractivity (Wildman–Crippen MR) is 80.9 cm³/mol. The second kappa shape index (κ2) is 8.39. The predicted octanol–water partition coefficient (Wildman–Crippen LogP) is 1.05. The fourth-order valence-corrected chi connectivity index (χ4v) is 2.91. The van der Waals surface area contributed by atoms with Crippen LogP contribution in [0.5, 0.6) is 0 Å². The van der Waals surface area contributed by atoms with Gasteiger partial charge in [0, 0.05) is 58.6 Å². The number of aryl methyl sites for hydroxylation is 1. The topological polar surface area (TPSA) is 42.3 Å². The van der Waals surface area contributed by atoms with E-state index in [0.717, 1.165) is 32.7 Å². The maximum Gasteiger partial charge on any atom is 0.109 e. The van der Waals surface area contributed by atoms with Crippen molar-refractivity contribution in [3.63, 3.8) is 0 Å². The molecule has 0 spiro atoms. The lowest BCUT2D eigenvalue weighted by atomic mass is 10.0. The van der Waals surface area contributed by atoms with E-state index in [-0.39, 0.29) is 0 Å². The van der Waals surface area contributed by atoms with Gasteiger partial charge in [-0.05, 0) is 19.4 Å². The summed E-state index contributed by atoms with van der Waals surface area (Å²) in [5.74, 6) is 1.18. The molecule has 1 aliphatic heterocycles. The molecule has 0 saturated carbocycles. The van der Waals surface area contributed by atoms with Gasteiger partial charge in [-0.3, -0.25) is 4.90 Å². The first-order valence-electron chi connectivity index (χ1n) is 7.71. The Hall–Kier alpha value is -0.910. The molecule has 1 aromatic heterocycles. The van der Waals surface area contributed by atoms with Crippen LogP contribution in [0.1, 0.15) is 25.1 Å². The highest BCUT2D eigenvalue weighted by Gasteiger charge is 2.21. The highest BCUT2D eigenvalue weighted by atomic mass is 16.5. The van der Waals surface area contributed by atoms with E-state index in [1.54, 1.807) is 7.11 Å². The van der Waals surface area contributed by atoms with Crippen LogP contribution in [-0.4, -0.2) is 60.4 Å². The molecule has 114 valence electrons. The number of piperidine rings is 1. The van der Waals surface area contributed by atoms with Crippen LogP contribution in [0.3, 0.4) is 0 Å². The van der Waals surface area contributed by atoms with Crippen molar-refractivity contribution in [1.29, 1.82) is 0 Å². The molecule has 1 aliphatic rings. The van der Waals surface area contributed by atoms with Gasteiger partial charge in [0.05, 0.1) is 6.61 Å². The van der Waals surface area contributed by atoms with Gasteiger partial charge in [-0.2, -0.15) is 0 Å². The lowest BCUT2D eigenvalue weighted by Gasteiger charge is -2.35. The number of ether oxygens (including phenoxy) is 1. The summed E-state index contributed by atoms with van der Waals surface area (Å²) in [5.41, 5.74) is 0. The Kier molecular flexibility index (Phi) is 6.50. The van der Waals surface area contributed by atoms with Gasteiger partial charge in [0.1, 0.15) is 5.82 Å². The number of aromatic nitrogens is 2. The summed E-state index contributed by atoms with van der Waals surface area (Å²) in [6.07, 6.45) is 8.94. The van der Waals surface area contributed by atoms with Gasteiger partial charge in [-0.15, -0.1) is 0 Å². The van der Waals surface area contributed by atoms with E-state index in [1.165, 1.54) is 31.6 Å². The van der Waals surface area contributed by atoms with Crippen molar-refractivity contribution in [3.05, 3.63) is 18.2 Å². The van der Waals surface area contributed by atoms with E-state index in [4.69, 9.17) is 4.74 Å². The molecule has 5 nitrogen and oxygen atoms in total. The Morgan fingerprint density at radius 3 is 3.10 bits per heavy atom. The fourth-order valence-electron chi connectivity index (χ4n) is 2.91. The van der Waals surface area contributed by atoms with Crippen LogP contribution in [-0.2, 0) is 18.2 Å². The summed E-state index contributed by atoms with van der Waals surface area (Å²) in [4.78, 5) is 7.04. The Bertz CT molecular complexity index is 380. The van der Waals surface area contributed by atoms with Gasteiger partial charge in [0.15, 0.2) is 0 Å². The fraction of sp³-hybridized carbons (Fsp3) is 0.800. The molecular formula is C15H28N4O. The minimum Gasteiger partial charge on any atom is -0.383 e. The molecule has 1 N–H and O–H groups in total. The molecule has 0 aliphatic carbocycles. The summed E-state index contributed by atoms with van der Waals surface area (Å²) >= 11 is 0. The molecule has 2 heterocycles. The van der Waals surface area contributed by atoms with Gasteiger partial charge in [-0.25, -0.2) is 4.98 Å². The number of nitrogens with one attached hydrogen (secondary N) is 1. The highest BCUT2D eigenvalue weighted by Crippen LogP contribution is 2.16. The van der Waals surface area contributed by atoms with Crippen molar-refractivity contribution in [1.82, 2.24) is 19.8 Å². The number of rotatable bonds is 8. The zero-order valence-corrected chi connectivity index (χ0v) is 12.8. The molecule has 1 aromatic rings. The van der Waals surface area contributed by atoms with Gasteiger partial charge in [0.2, 0.25) is 0 Å². The molecule has 20 heavy (non-hydrogen) atoms. The van der Waals surface area contributed by atoms with Crippen molar-refractivity contribution >= 4 is 0 Å². The third-order valence-electron chi connectivity index (χ3n) is 4.16. The average molecular weight is 280 g/mol. The third kappa shape index (κ3) is 4.58. The molecule has 1 atom stereocenters. The second-order valence-corrected chi connectivity index (χ2v) is 5.59. The Morgan fingerprint density at radius 1 is 1.45 bits per heavy atom. The minimum absolute atomic E-state index is 0.667. The number of methoxy groups -OCH3 is 1. The van der Waals surface area contributed by atoms with E-state index in [1.807, 2.05) is 12.4 Å². The van der Waals surface area contributed by atoms with Gasteiger partial charge < -0.3 is 14.6 Å². The van der Waals surface area contributed by atoms with Crippen LogP contribution in [0.25, 0.3) is 0 Å². The average Bonchev–Trinajstić information content (AvgIpc) is 2.88. The van der Waals surface area contributed by atoms with Crippen LogP contribution in [0, 0.1) is 0 Å². The molecule has 0 radical (unpaired) electrons. The number of likely N-dealkylation sites (tertiary alicyclic amines) is 1. The second-order valence-electron chi connectivity index (χ2n) is 5.59. The zero-order chi connectivity index (χ0) is 14.2. The minimum atomic E-state index is 0.667. The van der Waals surface area contributed by atoms with Crippen LogP contribution >= 0.6 is 0 Å². The maximum absolute atomic E-state index is 5.08. The first-order valence-corrected chi connectivity index (χ1v) is 7.71. The molecule has 1 fully saturated rings. The van der Waals surface area contributed by atoms with Crippen LogP contribution < -0.4 is 5.32 Å². The number of hydrogen-bond acceptors (Lipinski definition) is 4. The lowest BCUT2D eigenvalue weighted by molar-refractivity contribution is 0.141. The molecule has 1 unspecified atom stereocenters. The molecule has 5 heteroatoms. The molecular weight excluding hydrogens is 252 g/mol. The van der Waals surface area contributed by atoms with E-state index < -0.39 is 0 Å². The standard InChI is InChI=1S/C15H28N4O/c1-18-11-7-17-15(18)6-10-19-9-4-3-5-14(19)13-16-8-12-20-2/h7,11,14,16H,3-6,8-10,12-13H2,1-2H3. The van der Waals surface area contributed by atoms with Gasteiger partial charge in [0.25, 0.3) is 0 Å². The summed E-state index contributed by atoms with van der Waals surface area (Å²) in [6.45, 7) is 5.15. The Morgan fingerprint density at radius 2 is 2.35 bits per heavy atom. The molecule has 0 bridgehead atoms. The lowest BCUT2D eigenvalue weighted by Crippen LogP contribution is -2.46. The Labute approximate surface area is 122 Å². The summed E-state index contributed by atoms with van der Waals surface area (Å²) < 4.78 is 7.20. The summed E-state index contributed by atoms with van der Waals surface area (Å²) in [5, 5.41) is 3.50. The normalized spacial score (nSPS) is 20.4. The quantitative estimate of drug-likeness (QED) is 0.723. The van der Waals surface area contributed by atoms with E-state index in [2.05, 4.69) is 26.8 Å². The zero-order valence-electron chi connectivity index (χ0n) is 12.8. The molecule has 1 saturated heterocycles. The van der Waals surface area contributed by atoms with Crippen molar-refractivity contribution in [2.75, 3.05) is 39.9 Å². The van der Waals surface area contributed by atoms with E-state index in [9.17, 15) is 0 Å². The molecule has 2 rings (SSSR count). The molecule has 0 aromatic carbocycles. The smallest absolute Gasteiger partial charge is 0.109 e. The van der Waals surface area contributed by atoms with Crippen molar-refractivity contribution in [2.45, 2.75) is 31.7 Å². The number of hydrogen-bond donors (Lipinski definition) is 1. The van der Waals surface area contributed by atoms with E-state index >= 15 is 0 Å². The van der Waals surface area contributed by atoms with Crippen molar-refractivity contribution in [3.8, 4) is 0 Å². The van der Waals surface area contributed by atoms with Gasteiger partial charge in [-0.1, -0.05) is 6.42 Å². The maximum atomic E-state index is 5.08. The Balaban J connectivity index is 1.76. The third-order valence-corrected chi connectivity index (χ3v) is 4.16. The first-order chi connectivity index (χ1) is 9.81. The van der Waals surface area contributed by atoms with Gasteiger partial charge >= 0.3 is 0 Å². The molecule has 0 amide bonds. The number of nitrogens with zero attached hydrogens (tertiary/aromatic N) is 3. The van der Waals surface area contributed by atoms with Crippen LogP contribution in [0.4, 0.5) is 0 Å². The van der Waals surface area contributed by atoms with Crippen LogP contribution in [0.15, 0.2) is 12.4 Å². The monoisotopic (exact) mass is 280 g/mol. The summed E-state index contributed by atoms with van der Waals surface area (Å²) in [7, 11) is 3.82. The highest BCUT2D eigenvalue weighted by molar-refractivity contribution is 4.92. The van der Waals surface area contributed by atoms with Crippen molar-refractivity contribution in [2.24, 2.45) is 7.05 Å². The van der Waals surface area contributed by atoms with Crippen molar-refractivity contribution < 1.29 is 4.74 Å². The van der Waals surface area contributed by atoms with E-state index in [0.29, 0.717) is 6.04 Å².